The predicted octanol–water partition coefficient (Wildman–Crippen LogP) is 1.03. The van der Waals surface area contributed by atoms with Gasteiger partial charge in [0.1, 0.15) is 11.3 Å². The number of piperidine rings is 1. The molecule has 1 aromatic heterocycles. The number of nitrogens with zero attached hydrogens (tertiary/aromatic N) is 2. The Hall–Kier alpha value is -1.88. The van der Waals surface area contributed by atoms with Gasteiger partial charge in [-0.15, -0.1) is 0 Å². The van der Waals surface area contributed by atoms with E-state index in [4.69, 9.17) is 0 Å². The second kappa shape index (κ2) is 4.42. The minimum Gasteiger partial charge on any atom is -0.506 e. The van der Waals surface area contributed by atoms with Crippen LogP contribution in [0.1, 0.15) is 18.9 Å². The van der Waals surface area contributed by atoms with Gasteiger partial charge in [-0.05, 0) is 38.1 Å². The molecule has 5 heteroatoms. The second-order valence-electron chi connectivity index (χ2n) is 4.61. The molecular formula is C13H15N3O2. The quantitative estimate of drug-likeness (QED) is 0.787. The zero-order valence-corrected chi connectivity index (χ0v) is 9.97. The number of aromatic hydroxyl groups is 1. The van der Waals surface area contributed by atoms with Crippen molar-refractivity contribution in [1.29, 1.82) is 0 Å². The van der Waals surface area contributed by atoms with Crippen LogP contribution in [0.15, 0.2) is 29.3 Å². The lowest BCUT2D eigenvalue weighted by Crippen LogP contribution is -2.34. The third-order valence-electron chi connectivity index (χ3n) is 3.49. The SMILES string of the molecule is O=c1c2cccc(O)c2ncn1C1CCNCC1. The third kappa shape index (κ3) is 1.76. The molecule has 1 fully saturated rings. The Morgan fingerprint density at radius 3 is 2.89 bits per heavy atom. The van der Waals surface area contributed by atoms with Gasteiger partial charge in [-0.2, -0.15) is 0 Å². The van der Waals surface area contributed by atoms with Crippen LogP contribution in [-0.4, -0.2) is 27.7 Å². The fourth-order valence-electron chi connectivity index (χ4n) is 2.50. The predicted molar refractivity (Wildman–Crippen MR) is 68.8 cm³/mol. The van der Waals surface area contributed by atoms with Gasteiger partial charge in [0.2, 0.25) is 0 Å². The van der Waals surface area contributed by atoms with Gasteiger partial charge in [-0.25, -0.2) is 4.98 Å². The van der Waals surface area contributed by atoms with Crippen LogP contribution in [0.25, 0.3) is 10.9 Å². The molecule has 2 aromatic rings. The lowest BCUT2D eigenvalue weighted by molar-refractivity contribution is 0.359. The van der Waals surface area contributed by atoms with E-state index in [-0.39, 0.29) is 17.4 Å². The Morgan fingerprint density at radius 1 is 1.33 bits per heavy atom. The molecule has 0 amide bonds. The van der Waals surface area contributed by atoms with Crippen molar-refractivity contribution in [3.63, 3.8) is 0 Å². The summed E-state index contributed by atoms with van der Waals surface area (Å²) in [7, 11) is 0. The van der Waals surface area contributed by atoms with Crippen LogP contribution < -0.4 is 10.9 Å². The Kier molecular flexibility index (Phi) is 2.76. The molecular weight excluding hydrogens is 230 g/mol. The highest BCUT2D eigenvalue weighted by Gasteiger charge is 2.17. The second-order valence-corrected chi connectivity index (χ2v) is 4.61. The molecule has 2 N–H and O–H groups in total. The normalized spacial score (nSPS) is 17.1. The van der Waals surface area contributed by atoms with Gasteiger partial charge in [0.15, 0.2) is 0 Å². The zero-order chi connectivity index (χ0) is 12.5. The van der Waals surface area contributed by atoms with Gasteiger partial charge in [0.05, 0.1) is 11.7 Å². The maximum atomic E-state index is 12.4. The van der Waals surface area contributed by atoms with E-state index in [2.05, 4.69) is 10.3 Å². The molecule has 0 atom stereocenters. The van der Waals surface area contributed by atoms with Gasteiger partial charge < -0.3 is 10.4 Å². The average Bonchev–Trinajstić information content (AvgIpc) is 2.41. The van der Waals surface area contributed by atoms with E-state index in [1.807, 2.05) is 0 Å². The van der Waals surface area contributed by atoms with Crippen LogP contribution in [0, 0.1) is 0 Å². The molecule has 18 heavy (non-hydrogen) atoms. The van der Waals surface area contributed by atoms with Gasteiger partial charge in [0.25, 0.3) is 5.56 Å². The molecule has 1 aliphatic heterocycles. The Balaban J connectivity index is 2.14. The summed E-state index contributed by atoms with van der Waals surface area (Å²) in [4.78, 5) is 16.6. The summed E-state index contributed by atoms with van der Waals surface area (Å²) < 4.78 is 1.70. The summed E-state index contributed by atoms with van der Waals surface area (Å²) in [5.74, 6) is 0.0575. The monoisotopic (exact) mass is 245 g/mol. The van der Waals surface area contributed by atoms with Crippen molar-refractivity contribution in [2.75, 3.05) is 13.1 Å². The molecule has 1 aromatic carbocycles. The largest absolute Gasteiger partial charge is 0.506 e. The van der Waals surface area contributed by atoms with Crippen LogP contribution >= 0.6 is 0 Å². The summed E-state index contributed by atoms with van der Waals surface area (Å²) in [6, 6.07) is 5.14. The number of hydrogen-bond acceptors (Lipinski definition) is 4. The van der Waals surface area contributed by atoms with Crippen LogP contribution in [0.5, 0.6) is 5.75 Å². The highest BCUT2D eigenvalue weighted by Crippen LogP contribution is 2.21. The van der Waals surface area contributed by atoms with Crippen molar-refractivity contribution in [2.45, 2.75) is 18.9 Å². The van der Waals surface area contributed by atoms with E-state index < -0.39 is 0 Å². The molecule has 1 saturated heterocycles. The number of rotatable bonds is 1. The Bertz CT molecular complexity index is 630. The molecule has 94 valence electrons. The number of hydrogen-bond donors (Lipinski definition) is 2. The van der Waals surface area contributed by atoms with E-state index >= 15 is 0 Å². The maximum absolute atomic E-state index is 12.4. The summed E-state index contributed by atoms with van der Waals surface area (Å²) in [6.45, 7) is 1.85. The first-order chi connectivity index (χ1) is 8.77. The number of phenolic OH excluding ortho intramolecular Hbond substituents is 1. The number of phenols is 1. The summed E-state index contributed by atoms with van der Waals surface area (Å²) in [6.07, 6.45) is 3.43. The van der Waals surface area contributed by atoms with Crippen molar-refractivity contribution in [1.82, 2.24) is 14.9 Å². The molecule has 5 nitrogen and oxygen atoms in total. The van der Waals surface area contributed by atoms with Crippen LogP contribution in [-0.2, 0) is 0 Å². The van der Waals surface area contributed by atoms with Crippen LogP contribution in [0.2, 0.25) is 0 Å². The molecule has 0 aliphatic carbocycles. The number of para-hydroxylation sites is 1. The number of nitrogens with one attached hydrogen (secondary N) is 1. The van der Waals surface area contributed by atoms with Gasteiger partial charge >= 0.3 is 0 Å². The van der Waals surface area contributed by atoms with Crippen molar-refractivity contribution >= 4 is 10.9 Å². The van der Waals surface area contributed by atoms with Crippen molar-refractivity contribution in [3.05, 3.63) is 34.9 Å². The van der Waals surface area contributed by atoms with E-state index in [9.17, 15) is 9.90 Å². The number of aromatic nitrogens is 2. The number of benzene rings is 1. The minimum atomic E-state index is -0.0669. The molecule has 0 spiro atoms. The highest BCUT2D eigenvalue weighted by atomic mass is 16.3. The highest BCUT2D eigenvalue weighted by molar-refractivity contribution is 5.82. The maximum Gasteiger partial charge on any atom is 0.261 e. The first kappa shape index (κ1) is 11.2. The molecule has 0 radical (unpaired) electrons. The van der Waals surface area contributed by atoms with Crippen molar-refractivity contribution in [3.8, 4) is 5.75 Å². The smallest absolute Gasteiger partial charge is 0.261 e. The summed E-state index contributed by atoms with van der Waals surface area (Å²) in [5, 5.41) is 13.4. The van der Waals surface area contributed by atoms with Gasteiger partial charge in [-0.3, -0.25) is 9.36 Å². The lowest BCUT2D eigenvalue weighted by Gasteiger charge is -2.24. The van der Waals surface area contributed by atoms with Gasteiger partial charge in [0, 0.05) is 6.04 Å². The third-order valence-corrected chi connectivity index (χ3v) is 3.49. The minimum absolute atomic E-state index is 0.0575. The zero-order valence-electron chi connectivity index (χ0n) is 9.97. The average molecular weight is 245 g/mol. The first-order valence-electron chi connectivity index (χ1n) is 6.17. The van der Waals surface area contributed by atoms with E-state index in [1.165, 1.54) is 0 Å². The fourth-order valence-corrected chi connectivity index (χ4v) is 2.50. The molecule has 2 heterocycles. The summed E-state index contributed by atoms with van der Waals surface area (Å²) in [5.41, 5.74) is 0.315. The molecule has 0 unspecified atom stereocenters. The van der Waals surface area contributed by atoms with Crippen molar-refractivity contribution in [2.24, 2.45) is 0 Å². The van der Waals surface area contributed by atoms with Crippen molar-refractivity contribution < 1.29 is 5.11 Å². The topological polar surface area (TPSA) is 67.1 Å². The molecule has 0 bridgehead atoms. The standard InChI is InChI=1S/C13H15N3O2/c17-11-3-1-2-10-12(11)15-8-16(13(10)18)9-4-6-14-7-5-9/h1-3,8-9,14,17H,4-7H2. The molecule has 3 rings (SSSR count). The molecule has 1 aliphatic rings. The number of fused-ring (bicyclic) bond motifs is 1. The molecule has 0 saturated carbocycles. The van der Waals surface area contributed by atoms with E-state index in [0.717, 1.165) is 25.9 Å². The van der Waals surface area contributed by atoms with E-state index in [0.29, 0.717) is 10.9 Å². The first-order valence-corrected chi connectivity index (χ1v) is 6.17. The van der Waals surface area contributed by atoms with Gasteiger partial charge in [-0.1, -0.05) is 6.07 Å². The Morgan fingerprint density at radius 2 is 2.11 bits per heavy atom. The Labute approximate surface area is 104 Å². The van der Waals surface area contributed by atoms with E-state index in [1.54, 1.807) is 29.1 Å². The lowest BCUT2D eigenvalue weighted by atomic mass is 10.1. The van der Waals surface area contributed by atoms with Crippen LogP contribution in [0.4, 0.5) is 0 Å². The van der Waals surface area contributed by atoms with Crippen LogP contribution in [0.3, 0.4) is 0 Å². The fraction of sp³-hybridized carbons (Fsp3) is 0.385. The summed E-state index contributed by atoms with van der Waals surface area (Å²) >= 11 is 0.